The molecule has 33 heavy (non-hydrogen) atoms. The van der Waals surface area contributed by atoms with Gasteiger partial charge in [0.25, 0.3) is 0 Å². The van der Waals surface area contributed by atoms with E-state index < -0.39 is 29.7 Å². The highest BCUT2D eigenvalue weighted by Gasteiger charge is 2.45. The summed E-state index contributed by atoms with van der Waals surface area (Å²) in [5.41, 5.74) is 1.68. The second kappa shape index (κ2) is 11.3. The number of benzene rings is 3. The zero-order valence-electron chi connectivity index (χ0n) is 18.0. The van der Waals surface area contributed by atoms with Crippen molar-refractivity contribution in [1.82, 2.24) is 0 Å². The Hall–Kier alpha value is -2.96. The maximum Gasteiger partial charge on any atom is 0.320 e. The summed E-state index contributed by atoms with van der Waals surface area (Å²) in [7, 11) is 2.40. The molecule has 5 nitrogen and oxygen atoms in total. The molecule has 0 aromatic heterocycles. The number of methoxy groups -OCH3 is 2. The molecular formula is C26H22BrClO5. The summed E-state index contributed by atoms with van der Waals surface area (Å²) in [6.45, 7) is 0. The van der Waals surface area contributed by atoms with Gasteiger partial charge in [0.2, 0.25) is 0 Å². The summed E-state index contributed by atoms with van der Waals surface area (Å²) >= 11 is 9.47. The molecule has 0 saturated carbocycles. The number of ketones is 1. The fraction of sp³-hybridized carbons (Fsp3) is 0.192. The molecule has 3 aromatic rings. The average molecular weight is 530 g/mol. The van der Waals surface area contributed by atoms with Crippen LogP contribution in [0.5, 0.6) is 0 Å². The van der Waals surface area contributed by atoms with Gasteiger partial charge in [-0.05, 0) is 35.4 Å². The number of esters is 2. The lowest BCUT2D eigenvalue weighted by Gasteiger charge is -2.31. The van der Waals surface area contributed by atoms with E-state index in [0.29, 0.717) is 21.7 Å². The van der Waals surface area contributed by atoms with Crippen LogP contribution in [0.25, 0.3) is 0 Å². The Labute approximate surface area is 205 Å². The predicted octanol–water partition coefficient (Wildman–Crippen LogP) is 5.82. The van der Waals surface area contributed by atoms with Gasteiger partial charge in [-0.25, -0.2) is 0 Å². The molecule has 3 aromatic carbocycles. The van der Waals surface area contributed by atoms with Crippen molar-refractivity contribution in [2.75, 3.05) is 14.2 Å². The van der Waals surface area contributed by atoms with Crippen LogP contribution in [0, 0.1) is 5.92 Å². The van der Waals surface area contributed by atoms with E-state index in [1.54, 1.807) is 72.8 Å². The Bertz CT molecular complexity index is 1100. The minimum Gasteiger partial charge on any atom is -0.468 e. The molecular weight excluding hydrogens is 508 g/mol. The van der Waals surface area contributed by atoms with Crippen molar-refractivity contribution < 1.29 is 23.9 Å². The van der Waals surface area contributed by atoms with Crippen molar-refractivity contribution >= 4 is 45.3 Å². The minimum atomic E-state index is -1.37. The van der Waals surface area contributed by atoms with Gasteiger partial charge in [0.15, 0.2) is 11.7 Å². The first kappa shape index (κ1) is 24.7. The molecule has 0 spiro atoms. The Morgan fingerprint density at radius 3 is 1.82 bits per heavy atom. The van der Waals surface area contributed by atoms with E-state index >= 15 is 0 Å². The van der Waals surface area contributed by atoms with Crippen molar-refractivity contribution in [3.8, 4) is 0 Å². The highest BCUT2D eigenvalue weighted by Crippen LogP contribution is 2.42. The number of hydrogen-bond donors (Lipinski definition) is 0. The van der Waals surface area contributed by atoms with Crippen molar-refractivity contribution in [1.29, 1.82) is 0 Å². The molecule has 0 aliphatic rings. The number of carbonyl (C=O) groups excluding carboxylic acids is 3. The van der Waals surface area contributed by atoms with Crippen LogP contribution in [0.1, 0.15) is 33.3 Å². The molecule has 170 valence electrons. The van der Waals surface area contributed by atoms with E-state index in [9.17, 15) is 14.4 Å². The first-order chi connectivity index (χ1) is 15.9. The van der Waals surface area contributed by atoms with Crippen LogP contribution in [0.15, 0.2) is 83.3 Å². The van der Waals surface area contributed by atoms with Gasteiger partial charge in [0.05, 0.1) is 20.1 Å². The molecule has 3 rings (SSSR count). The van der Waals surface area contributed by atoms with Gasteiger partial charge in [-0.15, -0.1) is 0 Å². The van der Waals surface area contributed by atoms with Gasteiger partial charge in [-0.3, -0.25) is 14.4 Å². The smallest absolute Gasteiger partial charge is 0.320 e. The van der Waals surface area contributed by atoms with Crippen molar-refractivity contribution in [3.63, 3.8) is 0 Å². The van der Waals surface area contributed by atoms with E-state index in [1.165, 1.54) is 14.2 Å². The maximum absolute atomic E-state index is 13.9. The third-order valence-corrected chi connectivity index (χ3v) is 6.23. The zero-order chi connectivity index (χ0) is 24.0. The molecule has 0 heterocycles. The van der Waals surface area contributed by atoms with E-state index in [4.69, 9.17) is 21.1 Å². The SMILES string of the molecule is COC(=O)C(C(=O)OC)[C@H](c1ccc(Cl)cc1)[C@H](C(=O)c1ccc(Br)cc1)c1ccccc1. The van der Waals surface area contributed by atoms with E-state index in [-0.39, 0.29) is 5.78 Å². The fourth-order valence-electron chi connectivity index (χ4n) is 3.88. The van der Waals surface area contributed by atoms with Gasteiger partial charge in [-0.2, -0.15) is 0 Å². The first-order valence-electron chi connectivity index (χ1n) is 10.1. The molecule has 0 saturated heterocycles. The third-order valence-electron chi connectivity index (χ3n) is 5.45. The average Bonchev–Trinajstić information content (AvgIpc) is 2.84. The van der Waals surface area contributed by atoms with Gasteiger partial charge >= 0.3 is 11.9 Å². The van der Waals surface area contributed by atoms with Crippen LogP contribution in [0.4, 0.5) is 0 Å². The number of Topliss-reactive ketones (excluding diaryl/α,β-unsaturated/α-hetero) is 1. The Kier molecular flexibility index (Phi) is 8.42. The number of ether oxygens (including phenoxy) is 2. The first-order valence-corrected chi connectivity index (χ1v) is 11.3. The van der Waals surface area contributed by atoms with Crippen LogP contribution >= 0.6 is 27.5 Å². The van der Waals surface area contributed by atoms with Gasteiger partial charge in [0.1, 0.15) is 0 Å². The molecule has 0 aliphatic heterocycles. The number of rotatable bonds is 8. The highest BCUT2D eigenvalue weighted by atomic mass is 79.9. The summed E-state index contributed by atoms with van der Waals surface area (Å²) in [4.78, 5) is 39.7. The van der Waals surface area contributed by atoms with Crippen LogP contribution in [0.2, 0.25) is 5.02 Å². The predicted molar refractivity (Wildman–Crippen MR) is 129 cm³/mol. The fourth-order valence-corrected chi connectivity index (χ4v) is 4.27. The lowest BCUT2D eigenvalue weighted by atomic mass is 9.71. The molecule has 0 fully saturated rings. The Morgan fingerprint density at radius 2 is 1.30 bits per heavy atom. The van der Waals surface area contributed by atoms with E-state index in [2.05, 4.69) is 15.9 Å². The van der Waals surface area contributed by atoms with Crippen LogP contribution in [-0.4, -0.2) is 31.9 Å². The van der Waals surface area contributed by atoms with Gasteiger partial charge in [-0.1, -0.05) is 82.1 Å². The summed E-state index contributed by atoms with van der Waals surface area (Å²) in [6.07, 6.45) is 0. The normalized spacial score (nSPS) is 12.6. The quantitative estimate of drug-likeness (QED) is 0.209. The lowest BCUT2D eigenvalue weighted by molar-refractivity contribution is -0.160. The Balaban J connectivity index is 2.27. The number of hydrogen-bond acceptors (Lipinski definition) is 5. The third kappa shape index (κ3) is 5.70. The van der Waals surface area contributed by atoms with E-state index in [0.717, 1.165) is 4.47 Å². The van der Waals surface area contributed by atoms with Gasteiger partial charge < -0.3 is 9.47 Å². The summed E-state index contributed by atoms with van der Waals surface area (Å²) < 4.78 is 10.8. The molecule has 0 N–H and O–H groups in total. The number of halogens is 2. The molecule has 2 atom stereocenters. The highest BCUT2D eigenvalue weighted by molar-refractivity contribution is 9.10. The monoisotopic (exact) mass is 528 g/mol. The molecule has 0 unspecified atom stereocenters. The largest absolute Gasteiger partial charge is 0.468 e. The van der Waals surface area contributed by atoms with Crippen molar-refractivity contribution in [2.45, 2.75) is 11.8 Å². The molecule has 0 radical (unpaired) electrons. The maximum atomic E-state index is 13.9. The standard InChI is InChI=1S/C26H22BrClO5/c1-32-25(30)23(26(31)33-2)21(17-10-14-20(28)15-11-17)22(16-6-4-3-5-7-16)24(29)18-8-12-19(27)13-9-18/h3-15,21-23H,1-2H3/t21-,22-/m1/s1. The van der Waals surface area contributed by atoms with Crippen LogP contribution < -0.4 is 0 Å². The Morgan fingerprint density at radius 1 is 0.758 bits per heavy atom. The molecule has 0 bridgehead atoms. The van der Waals surface area contributed by atoms with Crippen molar-refractivity contribution in [3.05, 3.63) is 105 Å². The topological polar surface area (TPSA) is 69.7 Å². The van der Waals surface area contributed by atoms with Crippen LogP contribution in [-0.2, 0) is 19.1 Å². The lowest BCUT2D eigenvalue weighted by Crippen LogP contribution is -2.37. The molecule has 0 amide bonds. The number of carbonyl (C=O) groups is 3. The second-order valence-electron chi connectivity index (χ2n) is 7.36. The van der Waals surface area contributed by atoms with E-state index in [1.807, 2.05) is 6.07 Å². The second-order valence-corrected chi connectivity index (χ2v) is 8.71. The molecule has 0 aliphatic carbocycles. The summed E-state index contributed by atoms with van der Waals surface area (Å²) in [5, 5.41) is 0.487. The summed E-state index contributed by atoms with van der Waals surface area (Å²) in [6, 6.07) is 22.7. The summed E-state index contributed by atoms with van der Waals surface area (Å²) in [5.74, 6) is -4.97. The van der Waals surface area contributed by atoms with Crippen LogP contribution in [0.3, 0.4) is 0 Å². The van der Waals surface area contributed by atoms with Gasteiger partial charge in [0, 0.05) is 21.0 Å². The van der Waals surface area contributed by atoms with Crippen molar-refractivity contribution in [2.24, 2.45) is 5.92 Å². The zero-order valence-corrected chi connectivity index (χ0v) is 20.4. The minimum absolute atomic E-state index is 0.244. The molecule has 7 heteroatoms.